The zero-order chi connectivity index (χ0) is 21.3. The maximum absolute atomic E-state index is 14.2. The fourth-order valence-electron chi connectivity index (χ4n) is 3.24. The third-order valence-corrected chi connectivity index (χ3v) is 5.01. The molecule has 0 N–H and O–H groups in total. The fraction of sp³-hybridized carbons (Fsp3) is 0.125. The van der Waals surface area contributed by atoms with Crippen LogP contribution in [0.4, 0.5) is 13.2 Å². The number of pyridine rings is 1. The van der Waals surface area contributed by atoms with E-state index in [9.17, 15) is 13.2 Å². The first-order valence-electron chi connectivity index (χ1n) is 9.37. The lowest BCUT2D eigenvalue weighted by Crippen LogP contribution is -2.23. The molecule has 0 saturated carbocycles. The number of hydrogen-bond acceptors (Lipinski definition) is 3. The summed E-state index contributed by atoms with van der Waals surface area (Å²) in [6, 6.07) is 16.7. The quantitative estimate of drug-likeness (QED) is 0.421. The average molecular weight is 405 g/mol. The number of halogens is 3. The van der Waals surface area contributed by atoms with Gasteiger partial charge in [0, 0.05) is 23.2 Å². The van der Waals surface area contributed by atoms with Gasteiger partial charge >= 0.3 is 0 Å². The first kappa shape index (κ1) is 19.8. The number of hydrogen-bond donors (Lipinski definition) is 0. The normalized spacial score (nSPS) is 11.5. The molecule has 2 aromatic carbocycles. The first-order valence-corrected chi connectivity index (χ1v) is 9.37. The molecule has 0 amide bonds. The third-order valence-electron chi connectivity index (χ3n) is 5.01. The number of nitrogens with zero attached hydrogens (tertiary/aromatic N) is 3. The van der Waals surface area contributed by atoms with Gasteiger partial charge in [0.25, 0.3) is 0 Å². The van der Waals surface area contributed by atoms with E-state index >= 15 is 0 Å². The van der Waals surface area contributed by atoms with Crippen LogP contribution in [-0.4, -0.2) is 15.0 Å². The molecular formula is C24H18F3N3. The van der Waals surface area contributed by atoms with Crippen LogP contribution in [0.15, 0.2) is 72.9 Å². The Labute approximate surface area is 172 Å². The zero-order valence-electron chi connectivity index (χ0n) is 16.4. The lowest BCUT2D eigenvalue weighted by Gasteiger charge is -2.24. The van der Waals surface area contributed by atoms with Crippen molar-refractivity contribution in [3.63, 3.8) is 0 Å². The maximum atomic E-state index is 14.2. The molecule has 0 aliphatic heterocycles. The van der Waals surface area contributed by atoms with Crippen LogP contribution in [0.1, 0.15) is 25.2 Å². The van der Waals surface area contributed by atoms with E-state index in [1.165, 1.54) is 18.2 Å². The Morgan fingerprint density at radius 3 is 2.23 bits per heavy atom. The highest BCUT2D eigenvalue weighted by atomic mass is 19.1. The number of rotatable bonds is 4. The summed E-state index contributed by atoms with van der Waals surface area (Å²) in [5.41, 5.74) is 1.52. The second-order valence-corrected chi connectivity index (χ2v) is 7.40. The Balaban J connectivity index is 1.76. The Morgan fingerprint density at radius 1 is 0.700 bits per heavy atom. The van der Waals surface area contributed by atoms with Crippen LogP contribution in [0.2, 0.25) is 0 Å². The fourth-order valence-corrected chi connectivity index (χ4v) is 3.24. The molecule has 0 saturated heterocycles. The van der Waals surface area contributed by atoms with Gasteiger partial charge in [0.05, 0.1) is 22.6 Å². The first-order chi connectivity index (χ1) is 14.4. The summed E-state index contributed by atoms with van der Waals surface area (Å²) < 4.78 is 41.7. The topological polar surface area (TPSA) is 38.7 Å². The second kappa shape index (κ2) is 7.71. The molecular weight excluding hydrogens is 387 g/mol. The van der Waals surface area contributed by atoms with Gasteiger partial charge in [0.15, 0.2) is 5.82 Å². The van der Waals surface area contributed by atoms with Crippen molar-refractivity contribution in [2.75, 3.05) is 0 Å². The molecule has 4 aromatic rings. The molecule has 0 unspecified atom stereocenters. The molecule has 0 fully saturated rings. The minimum atomic E-state index is -0.679. The van der Waals surface area contributed by atoms with Gasteiger partial charge in [-0.3, -0.25) is 4.98 Å². The smallest absolute Gasteiger partial charge is 0.162 e. The van der Waals surface area contributed by atoms with Gasteiger partial charge in [0.2, 0.25) is 0 Å². The molecule has 30 heavy (non-hydrogen) atoms. The SMILES string of the molecule is CC(C)(c1cccc(-c2ccc(F)cc2F)n1)c1ccnc(-c2ccccc2F)n1. The van der Waals surface area contributed by atoms with E-state index in [1.807, 2.05) is 19.9 Å². The monoisotopic (exact) mass is 405 g/mol. The summed E-state index contributed by atoms with van der Waals surface area (Å²) >= 11 is 0. The predicted octanol–water partition coefficient (Wildman–Crippen LogP) is 5.95. The molecule has 0 radical (unpaired) electrons. The molecule has 0 aliphatic carbocycles. The highest BCUT2D eigenvalue weighted by Crippen LogP contribution is 2.32. The van der Waals surface area contributed by atoms with E-state index in [1.54, 1.807) is 42.6 Å². The molecule has 150 valence electrons. The van der Waals surface area contributed by atoms with E-state index in [0.717, 1.165) is 6.07 Å². The molecule has 0 atom stereocenters. The molecule has 0 bridgehead atoms. The average Bonchev–Trinajstić information content (AvgIpc) is 2.74. The van der Waals surface area contributed by atoms with Gasteiger partial charge in [-0.15, -0.1) is 0 Å². The van der Waals surface area contributed by atoms with Gasteiger partial charge < -0.3 is 0 Å². The summed E-state index contributed by atoms with van der Waals surface area (Å²) in [6.07, 6.45) is 1.58. The van der Waals surface area contributed by atoms with Gasteiger partial charge in [-0.2, -0.15) is 0 Å². The van der Waals surface area contributed by atoms with Crippen LogP contribution in [0, 0.1) is 17.5 Å². The minimum Gasteiger partial charge on any atom is -0.252 e. The van der Waals surface area contributed by atoms with Crippen molar-refractivity contribution in [3.8, 4) is 22.6 Å². The van der Waals surface area contributed by atoms with Crippen molar-refractivity contribution in [2.45, 2.75) is 19.3 Å². The predicted molar refractivity (Wildman–Crippen MR) is 109 cm³/mol. The van der Waals surface area contributed by atoms with Crippen molar-refractivity contribution in [1.82, 2.24) is 15.0 Å². The van der Waals surface area contributed by atoms with Gasteiger partial charge in [-0.1, -0.05) is 18.2 Å². The van der Waals surface area contributed by atoms with Crippen LogP contribution >= 0.6 is 0 Å². The number of benzene rings is 2. The van der Waals surface area contributed by atoms with Crippen molar-refractivity contribution < 1.29 is 13.2 Å². The molecule has 2 heterocycles. The molecule has 4 rings (SSSR count). The highest BCUT2D eigenvalue weighted by Gasteiger charge is 2.28. The van der Waals surface area contributed by atoms with Crippen molar-refractivity contribution in [2.24, 2.45) is 0 Å². The Morgan fingerprint density at radius 2 is 1.47 bits per heavy atom. The molecule has 0 spiro atoms. The van der Waals surface area contributed by atoms with Crippen molar-refractivity contribution >= 4 is 0 Å². The molecule has 2 aromatic heterocycles. The van der Waals surface area contributed by atoms with Crippen LogP contribution in [-0.2, 0) is 5.41 Å². The van der Waals surface area contributed by atoms with E-state index in [2.05, 4.69) is 15.0 Å². The van der Waals surface area contributed by atoms with E-state index in [4.69, 9.17) is 0 Å². The standard InChI is InChI=1S/C24H18F3N3/c1-24(2,22-12-13-28-23(30-22)17-6-3-4-7-18(17)26)21-9-5-8-20(29-21)16-11-10-15(25)14-19(16)27/h3-14H,1-2H3. The Hall–Kier alpha value is -3.54. The molecule has 0 aliphatic rings. The summed E-state index contributed by atoms with van der Waals surface area (Å²) in [4.78, 5) is 13.4. The van der Waals surface area contributed by atoms with Gasteiger partial charge in [-0.25, -0.2) is 23.1 Å². The third kappa shape index (κ3) is 3.68. The van der Waals surface area contributed by atoms with E-state index in [-0.39, 0.29) is 11.4 Å². The van der Waals surface area contributed by atoms with Crippen LogP contribution in [0.3, 0.4) is 0 Å². The lowest BCUT2D eigenvalue weighted by atomic mass is 9.84. The van der Waals surface area contributed by atoms with Crippen molar-refractivity contribution in [3.05, 3.63) is 102 Å². The van der Waals surface area contributed by atoms with Crippen LogP contribution < -0.4 is 0 Å². The van der Waals surface area contributed by atoms with Gasteiger partial charge in [0.1, 0.15) is 17.5 Å². The molecule has 3 nitrogen and oxygen atoms in total. The zero-order valence-corrected chi connectivity index (χ0v) is 16.4. The second-order valence-electron chi connectivity index (χ2n) is 7.40. The van der Waals surface area contributed by atoms with E-state index in [0.29, 0.717) is 22.6 Å². The van der Waals surface area contributed by atoms with Crippen LogP contribution in [0.25, 0.3) is 22.6 Å². The lowest BCUT2D eigenvalue weighted by molar-refractivity contribution is 0.582. The summed E-state index contributed by atoms with van der Waals surface area (Å²) in [6.45, 7) is 3.85. The summed E-state index contributed by atoms with van der Waals surface area (Å²) in [5.74, 6) is -1.45. The Bertz CT molecular complexity index is 1220. The minimum absolute atomic E-state index is 0.212. The molecule has 6 heteroatoms. The van der Waals surface area contributed by atoms with E-state index < -0.39 is 22.9 Å². The Kier molecular flexibility index (Phi) is 5.08. The maximum Gasteiger partial charge on any atom is 0.162 e. The van der Waals surface area contributed by atoms with Crippen LogP contribution in [0.5, 0.6) is 0 Å². The summed E-state index contributed by atoms with van der Waals surface area (Å²) in [7, 11) is 0. The number of aromatic nitrogens is 3. The highest BCUT2D eigenvalue weighted by molar-refractivity contribution is 5.60. The summed E-state index contributed by atoms with van der Waals surface area (Å²) in [5, 5.41) is 0. The van der Waals surface area contributed by atoms with Gasteiger partial charge in [-0.05, 0) is 56.3 Å². The van der Waals surface area contributed by atoms with Crippen molar-refractivity contribution in [1.29, 1.82) is 0 Å². The largest absolute Gasteiger partial charge is 0.252 e.